The minimum Gasteiger partial charge on any atom is -0.469 e. The summed E-state index contributed by atoms with van der Waals surface area (Å²) in [5.41, 5.74) is 0. The van der Waals surface area contributed by atoms with Crippen molar-refractivity contribution >= 4 is 12.0 Å². The molecule has 0 spiro atoms. The number of carbonyl (C=O) groups is 2. The molecule has 1 atom stereocenters. The van der Waals surface area contributed by atoms with Gasteiger partial charge in [0.15, 0.2) is 0 Å². The maximum atomic E-state index is 12.6. The molecule has 2 saturated heterocycles. The topological polar surface area (TPSA) is 59.1 Å². The predicted octanol–water partition coefficient (Wildman–Crippen LogP) is 1.64. The first-order valence-corrected chi connectivity index (χ1v) is 7.93. The fourth-order valence-corrected chi connectivity index (χ4v) is 2.91. The number of methoxy groups -OCH3 is 1. The number of carbonyl (C=O) groups excluding carboxylic acids is 2. The smallest absolute Gasteiger partial charge is 0.320 e. The molecule has 2 aliphatic heterocycles. The molecule has 6 nitrogen and oxygen atoms in total. The molecular formula is C15H26N2O4. The van der Waals surface area contributed by atoms with Crippen LogP contribution in [0, 0.1) is 0 Å². The average Bonchev–Trinajstić information content (AvgIpc) is 3.04. The molecule has 2 amide bonds. The van der Waals surface area contributed by atoms with E-state index in [2.05, 4.69) is 4.74 Å². The summed E-state index contributed by atoms with van der Waals surface area (Å²) in [6.07, 6.45) is 5.71. The number of urea groups is 1. The van der Waals surface area contributed by atoms with Gasteiger partial charge >= 0.3 is 12.0 Å². The molecule has 2 fully saturated rings. The molecule has 0 bridgehead atoms. The highest BCUT2D eigenvalue weighted by atomic mass is 16.5. The first kappa shape index (κ1) is 16.1. The van der Waals surface area contributed by atoms with Crippen molar-refractivity contribution in [3.05, 3.63) is 0 Å². The van der Waals surface area contributed by atoms with Crippen LogP contribution in [0.15, 0.2) is 0 Å². The molecule has 0 radical (unpaired) electrons. The molecule has 0 aromatic rings. The number of hydrogen-bond acceptors (Lipinski definition) is 4. The molecule has 0 aromatic carbocycles. The van der Waals surface area contributed by atoms with Crippen molar-refractivity contribution in [1.29, 1.82) is 0 Å². The third-order valence-corrected chi connectivity index (χ3v) is 4.16. The van der Waals surface area contributed by atoms with Gasteiger partial charge in [-0.05, 0) is 32.1 Å². The Balaban J connectivity index is 1.91. The number of likely N-dealkylation sites (tertiary alicyclic amines) is 1. The van der Waals surface area contributed by atoms with Crippen LogP contribution in [-0.2, 0) is 14.3 Å². The quantitative estimate of drug-likeness (QED) is 0.724. The van der Waals surface area contributed by atoms with Crippen molar-refractivity contribution in [2.75, 3.05) is 39.9 Å². The van der Waals surface area contributed by atoms with Crippen molar-refractivity contribution in [2.45, 2.75) is 44.6 Å². The highest BCUT2D eigenvalue weighted by Crippen LogP contribution is 2.16. The molecule has 0 aromatic heterocycles. The van der Waals surface area contributed by atoms with Gasteiger partial charge in [-0.25, -0.2) is 4.79 Å². The Morgan fingerprint density at radius 2 is 2.00 bits per heavy atom. The van der Waals surface area contributed by atoms with Gasteiger partial charge in [0.1, 0.15) is 0 Å². The Kier molecular flexibility index (Phi) is 6.29. The summed E-state index contributed by atoms with van der Waals surface area (Å²) in [4.78, 5) is 27.6. The van der Waals surface area contributed by atoms with Gasteiger partial charge in [0, 0.05) is 32.8 Å². The van der Waals surface area contributed by atoms with E-state index in [1.165, 1.54) is 13.5 Å². The second-order valence-corrected chi connectivity index (χ2v) is 5.74. The number of esters is 1. The fourth-order valence-electron chi connectivity index (χ4n) is 2.91. The van der Waals surface area contributed by atoms with Crippen molar-refractivity contribution in [2.24, 2.45) is 0 Å². The van der Waals surface area contributed by atoms with E-state index in [0.29, 0.717) is 13.1 Å². The van der Waals surface area contributed by atoms with E-state index in [-0.39, 0.29) is 24.5 Å². The van der Waals surface area contributed by atoms with Crippen LogP contribution in [-0.4, -0.2) is 67.8 Å². The highest BCUT2D eigenvalue weighted by molar-refractivity contribution is 5.76. The summed E-state index contributed by atoms with van der Waals surface area (Å²) in [6, 6.07) is 0.0362. The molecule has 2 rings (SSSR count). The molecule has 0 saturated carbocycles. The standard InChI is InChI=1S/C15H26N2O4/c1-20-14(18)7-10-17(12-13-6-5-11-21-13)15(19)16-8-3-2-4-9-16/h13H,2-12H2,1H3. The monoisotopic (exact) mass is 298 g/mol. The van der Waals surface area contributed by atoms with E-state index in [0.717, 1.165) is 45.4 Å². The zero-order valence-electron chi connectivity index (χ0n) is 12.9. The van der Waals surface area contributed by atoms with Crippen LogP contribution >= 0.6 is 0 Å². The van der Waals surface area contributed by atoms with Gasteiger partial charge in [0.25, 0.3) is 0 Å². The number of ether oxygens (including phenoxy) is 2. The summed E-state index contributed by atoms with van der Waals surface area (Å²) in [7, 11) is 1.37. The lowest BCUT2D eigenvalue weighted by Gasteiger charge is -2.34. The van der Waals surface area contributed by atoms with Crippen LogP contribution in [0.1, 0.15) is 38.5 Å². The fraction of sp³-hybridized carbons (Fsp3) is 0.867. The van der Waals surface area contributed by atoms with Gasteiger partial charge in [-0.2, -0.15) is 0 Å². The zero-order valence-corrected chi connectivity index (χ0v) is 12.9. The SMILES string of the molecule is COC(=O)CCN(CC1CCCO1)C(=O)N1CCCCC1. The Hall–Kier alpha value is -1.30. The Bertz CT molecular complexity index is 350. The van der Waals surface area contributed by atoms with Crippen LogP contribution in [0.3, 0.4) is 0 Å². The number of hydrogen-bond donors (Lipinski definition) is 0. The molecule has 6 heteroatoms. The van der Waals surface area contributed by atoms with Crippen LogP contribution in [0.5, 0.6) is 0 Å². The second-order valence-electron chi connectivity index (χ2n) is 5.74. The number of nitrogens with zero attached hydrogens (tertiary/aromatic N) is 2. The van der Waals surface area contributed by atoms with Crippen LogP contribution in [0.2, 0.25) is 0 Å². The van der Waals surface area contributed by atoms with E-state index in [1.54, 1.807) is 4.90 Å². The van der Waals surface area contributed by atoms with Gasteiger partial charge < -0.3 is 19.3 Å². The van der Waals surface area contributed by atoms with E-state index in [1.807, 2.05) is 4.90 Å². The summed E-state index contributed by atoms with van der Waals surface area (Å²) in [5, 5.41) is 0. The molecule has 21 heavy (non-hydrogen) atoms. The summed E-state index contributed by atoms with van der Waals surface area (Å²) in [6.45, 7) is 3.39. The van der Waals surface area contributed by atoms with Gasteiger partial charge in [-0.15, -0.1) is 0 Å². The first-order chi connectivity index (χ1) is 10.2. The van der Waals surface area contributed by atoms with Crippen LogP contribution in [0.25, 0.3) is 0 Å². The van der Waals surface area contributed by atoms with Crippen molar-refractivity contribution in [1.82, 2.24) is 9.80 Å². The Morgan fingerprint density at radius 1 is 1.24 bits per heavy atom. The van der Waals surface area contributed by atoms with E-state index in [9.17, 15) is 9.59 Å². The van der Waals surface area contributed by atoms with E-state index >= 15 is 0 Å². The predicted molar refractivity (Wildman–Crippen MR) is 78.0 cm³/mol. The zero-order chi connectivity index (χ0) is 15.1. The Labute approximate surface area is 126 Å². The maximum absolute atomic E-state index is 12.6. The van der Waals surface area contributed by atoms with Gasteiger partial charge in [-0.3, -0.25) is 4.79 Å². The molecular weight excluding hydrogens is 272 g/mol. The first-order valence-electron chi connectivity index (χ1n) is 7.93. The minimum absolute atomic E-state index is 0.0362. The summed E-state index contributed by atoms with van der Waals surface area (Å²) in [5.74, 6) is -0.279. The van der Waals surface area contributed by atoms with Gasteiger partial charge in [0.05, 0.1) is 19.6 Å². The van der Waals surface area contributed by atoms with Gasteiger partial charge in [0.2, 0.25) is 0 Å². The van der Waals surface area contributed by atoms with Crippen LogP contribution < -0.4 is 0 Å². The number of piperidine rings is 1. The van der Waals surface area contributed by atoms with E-state index < -0.39 is 0 Å². The largest absolute Gasteiger partial charge is 0.469 e. The molecule has 0 N–H and O–H groups in total. The summed E-state index contributed by atoms with van der Waals surface area (Å²) >= 11 is 0. The van der Waals surface area contributed by atoms with Crippen molar-refractivity contribution in [3.63, 3.8) is 0 Å². The van der Waals surface area contributed by atoms with Crippen LogP contribution in [0.4, 0.5) is 4.79 Å². The second kappa shape index (κ2) is 8.22. The maximum Gasteiger partial charge on any atom is 0.320 e. The van der Waals surface area contributed by atoms with Crippen molar-refractivity contribution in [3.8, 4) is 0 Å². The van der Waals surface area contributed by atoms with Gasteiger partial charge in [-0.1, -0.05) is 0 Å². The van der Waals surface area contributed by atoms with E-state index in [4.69, 9.17) is 4.74 Å². The lowest BCUT2D eigenvalue weighted by atomic mass is 10.1. The normalized spacial score (nSPS) is 22.1. The molecule has 1 unspecified atom stereocenters. The Morgan fingerprint density at radius 3 is 2.62 bits per heavy atom. The molecule has 2 heterocycles. The molecule has 2 aliphatic rings. The lowest BCUT2D eigenvalue weighted by Crippen LogP contribution is -2.48. The number of amides is 2. The molecule has 120 valence electrons. The highest BCUT2D eigenvalue weighted by Gasteiger charge is 2.27. The summed E-state index contributed by atoms with van der Waals surface area (Å²) < 4.78 is 10.3. The minimum atomic E-state index is -0.279. The van der Waals surface area contributed by atoms with Crippen molar-refractivity contribution < 1.29 is 19.1 Å². The number of rotatable bonds is 5. The molecule has 0 aliphatic carbocycles. The third-order valence-electron chi connectivity index (χ3n) is 4.16. The average molecular weight is 298 g/mol. The third kappa shape index (κ3) is 4.88. The lowest BCUT2D eigenvalue weighted by molar-refractivity contribution is -0.140.